The predicted molar refractivity (Wildman–Crippen MR) is 161 cm³/mol. The molecule has 0 unspecified atom stereocenters. The molecule has 0 aromatic carbocycles. The summed E-state index contributed by atoms with van der Waals surface area (Å²) in [4.78, 5) is 26.4. The highest BCUT2D eigenvalue weighted by molar-refractivity contribution is 6.04. The van der Waals surface area contributed by atoms with Crippen LogP contribution < -0.4 is 0 Å². The number of rotatable bonds is 11. The lowest BCUT2D eigenvalue weighted by molar-refractivity contribution is -0.157. The van der Waals surface area contributed by atoms with Gasteiger partial charge in [0.25, 0.3) is 0 Å². The van der Waals surface area contributed by atoms with Crippen molar-refractivity contribution in [3.05, 3.63) is 11.6 Å². The molecule has 0 heterocycles. The molecule has 0 amide bonds. The van der Waals surface area contributed by atoms with Crippen molar-refractivity contribution < 1.29 is 19.5 Å². The number of ether oxygens (including phenoxy) is 1. The number of nitriles is 1. The lowest BCUT2D eigenvalue weighted by Crippen LogP contribution is -2.60. The Morgan fingerprint density at radius 2 is 1.70 bits per heavy atom. The van der Waals surface area contributed by atoms with Crippen molar-refractivity contribution >= 4 is 17.5 Å². The molecule has 5 atom stereocenters. The minimum atomic E-state index is -0.655. The summed E-state index contributed by atoms with van der Waals surface area (Å²) in [5, 5.41) is 23.2. The van der Waals surface area contributed by atoms with Crippen LogP contribution in [0.4, 0.5) is 0 Å². The van der Waals surface area contributed by atoms with E-state index in [2.05, 4.69) is 66.6 Å². The van der Waals surface area contributed by atoms with E-state index in [0.29, 0.717) is 18.6 Å². The summed E-state index contributed by atoms with van der Waals surface area (Å²) >= 11 is 0. The largest absolute Gasteiger partial charge is 0.469 e. The van der Waals surface area contributed by atoms with Gasteiger partial charge in [0.15, 0.2) is 5.78 Å². The smallest absolute Gasteiger partial charge is 0.311 e. The molecule has 1 N–H and O–H groups in total. The van der Waals surface area contributed by atoms with E-state index in [9.17, 15) is 20.1 Å². The van der Waals surface area contributed by atoms with Gasteiger partial charge in [0.05, 0.1) is 23.8 Å². The first-order valence-electron chi connectivity index (χ1n) is 15.1. The quantitative estimate of drug-likeness (QED) is 0.119. The Labute approximate surface area is 244 Å². The number of Topliss-reactive ketones (excluding diaryl/α,β-unsaturated/α-hetero) is 1. The number of allylic oxidation sites excluding steroid dienone is 2. The van der Waals surface area contributed by atoms with Crippen LogP contribution in [0.1, 0.15) is 128 Å². The summed E-state index contributed by atoms with van der Waals surface area (Å²) in [6.07, 6.45) is 8.61. The van der Waals surface area contributed by atoms with Crippen molar-refractivity contribution in [1.82, 2.24) is 0 Å². The van der Waals surface area contributed by atoms with E-state index in [4.69, 9.17) is 4.74 Å². The van der Waals surface area contributed by atoms with E-state index in [0.717, 1.165) is 38.5 Å². The van der Waals surface area contributed by atoms with Crippen LogP contribution in [0.25, 0.3) is 0 Å². The third-order valence-electron chi connectivity index (χ3n) is 12.0. The van der Waals surface area contributed by atoms with Gasteiger partial charge in [-0.3, -0.25) is 9.59 Å². The molecule has 0 aromatic rings. The molecule has 1 fully saturated rings. The van der Waals surface area contributed by atoms with Gasteiger partial charge in [0.2, 0.25) is 0 Å². The van der Waals surface area contributed by atoms with Crippen LogP contribution >= 0.6 is 0 Å². The third kappa shape index (κ3) is 6.04. The normalized spacial score (nSPS) is 30.5. The number of oxime groups is 1. The van der Waals surface area contributed by atoms with Crippen LogP contribution in [0, 0.1) is 55.7 Å². The average molecular weight is 557 g/mol. The highest BCUT2D eigenvalue weighted by Crippen LogP contribution is 2.68. The maximum Gasteiger partial charge on any atom is 0.311 e. The van der Waals surface area contributed by atoms with Crippen molar-refractivity contribution in [1.29, 1.82) is 5.26 Å². The molecule has 2 aliphatic carbocycles. The Morgan fingerprint density at radius 3 is 2.20 bits per heavy atom. The number of hydrogen-bond donors (Lipinski definition) is 1. The summed E-state index contributed by atoms with van der Waals surface area (Å²) in [6, 6.07) is 2.20. The van der Waals surface area contributed by atoms with Crippen molar-refractivity contribution in [3.8, 4) is 6.07 Å². The Morgan fingerprint density at radius 1 is 1.12 bits per heavy atom. The average Bonchev–Trinajstić information content (AvgIpc) is 2.89. The number of nitrogens with zero attached hydrogens (tertiary/aromatic N) is 2. The zero-order valence-corrected chi connectivity index (χ0v) is 27.5. The van der Waals surface area contributed by atoms with E-state index >= 15 is 0 Å². The summed E-state index contributed by atoms with van der Waals surface area (Å²) in [5.74, 6) is -0.120. The van der Waals surface area contributed by atoms with Gasteiger partial charge in [-0.1, -0.05) is 80.0 Å². The zero-order valence-electron chi connectivity index (χ0n) is 27.5. The molecule has 0 radical (unpaired) electrons. The van der Waals surface area contributed by atoms with Crippen LogP contribution in [0.2, 0.25) is 0 Å². The van der Waals surface area contributed by atoms with Crippen LogP contribution in [-0.2, 0) is 14.3 Å². The number of fused-ring (bicyclic) bond motifs is 1. The van der Waals surface area contributed by atoms with Crippen LogP contribution in [0.15, 0.2) is 16.8 Å². The van der Waals surface area contributed by atoms with Gasteiger partial charge in [0.1, 0.15) is 6.07 Å². The Kier molecular flexibility index (Phi) is 9.88. The molecule has 226 valence electrons. The van der Waals surface area contributed by atoms with E-state index in [1.165, 1.54) is 7.11 Å². The van der Waals surface area contributed by atoms with Crippen molar-refractivity contribution in [2.24, 2.45) is 49.5 Å². The van der Waals surface area contributed by atoms with Crippen LogP contribution in [0.3, 0.4) is 0 Å². The summed E-state index contributed by atoms with van der Waals surface area (Å²) in [5.41, 5.74) is -1.02. The first-order valence-corrected chi connectivity index (χ1v) is 15.1. The second kappa shape index (κ2) is 11.6. The fraction of sp³-hybridized carbons (Fsp3) is 0.824. The predicted octanol–water partition coefficient (Wildman–Crippen LogP) is 8.53. The molecule has 0 aliphatic heterocycles. The minimum absolute atomic E-state index is 0.0313. The standard InChI is InChI=1S/C34H56N2O4/c1-13-29(3,4)16-18-32(9,28(38)40-12)19-17-30(5,6)34(11)15-14-25-31(7,8)27(37)24(22-35)21-33(25,10)26(34)20-23(2)36-39/h21,25-26,39H,13-20H2,1-12H3/t25-,26+,32-,33-,34+/m0/s1. The molecular formula is C34H56N2O4. The molecule has 2 rings (SSSR count). The number of methoxy groups -OCH3 is 1. The van der Waals surface area contributed by atoms with E-state index in [1.54, 1.807) is 0 Å². The van der Waals surface area contributed by atoms with Gasteiger partial charge in [0, 0.05) is 5.41 Å². The monoisotopic (exact) mass is 556 g/mol. The molecule has 6 heteroatoms. The van der Waals surface area contributed by atoms with E-state index in [-0.39, 0.29) is 45.4 Å². The lowest BCUT2D eigenvalue weighted by Gasteiger charge is -2.64. The van der Waals surface area contributed by atoms with E-state index < -0.39 is 16.2 Å². The number of ketones is 1. The summed E-state index contributed by atoms with van der Waals surface area (Å²) < 4.78 is 5.33. The number of hydrogen-bond acceptors (Lipinski definition) is 6. The molecule has 1 saturated carbocycles. The van der Waals surface area contributed by atoms with Crippen LogP contribution in [0.5, 0.6) is 0 Å². The Bertz CT molecular complexity index is 1080. The van der Waals surface area contributed by atoms with Gasteiger partial charge in [-0.25, -0.2) is 0 Å². The zero-order chi connectivity index (χ0) is 30.9. The second-order valence-electron chi connectivity index (χ2n) is 15.6. The number of esters is 1. The second-order valence-corrected chi connectivity index (χ2v) is 15.6. The number of carbonyl (C=O) groups is 2. The van der Waals surface area contributed by atoms with Gasteiger partial charge >= 0.3 is 5.97 Å². The van der Waals surface area contributed by atoms with Gasteiger partial charge in [-0.2, -0.15) is 5.26 Å². The Hall–Kier alpha value is -2.16. The topological polar surface area (TPSA) is 99.8 Å². The molecule has 6 nitrogen and oxygen atoms in total. The SMILES string of the molecule is CCC(C)(C)CC[C@@](C)(CCC(C)(C)[C@]1(C)CC[C@H]2C(C)(C)C(=O)C(C#N)=C[C@]2(C)[C@H]1CC(C)=NO)C(=O)OC. The molecular weight excluding hydrogens is 500 g/mol. The molecule has 2 aliphatic rings. The molecule has 0 spiro atoms. The fourth-order valence-electron chi connectivity index (χ4n) is 8.00. The molecule has 0 aromatic heterocycles. The maximum atomic E-state index is 13.3. The van der Waals surface area contributed by atoms with Crippen molar-refractivity contribution in [3.63, 3.8) is 0 Å². The maximum absolute atomic E-state index is 13.3. The highest BCUT2D eigenvalue weighted by atomic mass is 16.5. The molecule has 0 saturated heterocycles. The van der Waals surface area contributed by atoms with Crippen molar-refractivity contribution in [2.75, 3.05) is 7.11 Å². The lowest BCUT2D eigenvalue weighted by atomic mass is 9.39. The van der Waals surface area contributed by atoms with Gasteiger partial charge < -0.3 is 9.94 Å². The summed E-state index contributed by atoms with van der Waals surface area (Å²) in [7, 11) is 1.48. The fourth-order valence-corrected chi connectivity index (χ4v) is 8.00. The van der Waals surface area contributed by atoms with Crippen LogP contribution in [-0.4, -0.2) is 29.8 Å². The minimum Gasteiger partial charge on any atom is -0.469 e. The van der Waals surface area contributed by atoms with Gasteiger partial charge in [-0.05, 0) is 92.3 Å². The molecule has 40 heavy (non-hydrogen) atoms. The first-order chi connectivity index (χ1) is 18.2. The summed E-state index contributed by atoms with van der Waals surface area (Å²) in [6.45, 7) is 23.7. The highest BCUT2D eigenvalue weighted by Gasteiger charge is 2.63. The van der Waals surface area contributed by atoms with Crippen molar-refractivity contribution in [2.45, 2.75) is 128 Å². The number of carbonyl (C=O) groups excluding carboxylic acids is 2. The molecule has 0 bridgehead atoms. The Balaban J connectivity index is 2.57. The van der Waals surface area contributed by atoms with E-state index in [1.807, 2.05) is 26.8 Å². The third-order valence-corrected chi connectivity index (χ3v) is 12.0. The first kappa shape index (κ1) is 34.0. The van der Waals surface area contributed by atoms with Gasteiger partial charge in [-0.15, -0.1) is 0 Å².